The highest BCUT2D eigenvalue weighted by atomic mass is 79.9. The topological polar surface area (TPSA) is 44.5 Å². The third kappa shape index (κ3) is 2.56. The Kier molecular flexibility index (Phi) is 4.97. The summed E-state index contributed by atoms with van der Waals surface area (Å²) in [7, 11) is 3.40. The zero-order valence-corrected chi connectivity index (χ0v) is 14.2. The van der Waals surface area contributed by atoms with Crippen LogP contribution in [0.15, 0.2) is 10.5 Å². The minimum atomic E-state index is 0.0209. The van der Waals surface area contributed by atoms with Gasteiger partial charge in [-0.2, -0.15) is 0 Å². The van der Waals surface area contributed by atoms with Gasteiger partial charge in [-0.05, 0) is 25.8 Å². The first-order valence-electron chi connectivity index (χ1n) is 7.21. The fourth-order valence-corrected chi connectivity index (χ4v) is 3.76. The third-order valence-corrected chi connectivity index (χ3v) is 5.43. The molecule has 1 aliphatic rings. The van der Waals surface area contributed by atoms with Gasteiger partial charge in [0.15, 0.2) is 11.5 Å². The largest absolute Gasteiger partial charge is 0.493 e. The summed E-state index contributed by atoms with van der Waals surface area (Å²) in [6.45, 7) is 2.69. The molecule has 3 nitrogen and oxygen atoms in total. The Morgan fingerprint density at radius 3 is 2.25 bits per heavy atom. The van der Waals surface area contributed by atoms with E-state index < -0.39 is 0 Å². The van der Waals surface area contributed by atoms with Gasteiger partial charge in [-0.25, -0.2) is 0 Å². The molecule has 2 rings (SSSR count). The second-order valence-corrected chi connectivity index (χ2v) is 6.50. The van der Waals surface area contributed by atoms with E-state index >= 15 is 0 Å². The Labute approximate surface area is 130 Å². The molecule has 0 amide bonds. The number of methoxy groups -OCH3 is 2. The summed E-state index contributed by atoms with van der Waals surface area (Å²) >= 11 is 3.64. The van der Waals surface area contributed by atoms with E-state index in [0.29, 0.717) is 6.54 Å². The van der Waals surface area contributed by atoms with Crippen molar-refractivity contribution in [1.82, 2.24) is 0 Å². The SMILES string of the molecule is COc1c(C2(CN)CCCCC2)cc(Br)c(C)c1OC. The summed E-state index contributed by atoms with van der Waals surface area (Å²) in [4.78, 5) is 0. The summed E-state index contributed by atoms with van der Waals surface area (Å²) in [5.41, 5.74) is 8.44. The van der Waals surface area contributed by atoms with Crippen LogP contribution in [0.5, 0.6) is 11.5 Å². The van der Waals surface area contributed by atoms with E-state index in [1.54, 1.807) is 14.2 Å². The molecule has 0 atom stereocenters. The van der Waals surface area contributed by atoms with Gasteiger partial charge in [0.1, 0.15) is 0 Å². The number of hydrogen-bond acceptors (Lipinski definition) is 3. The van der Waals surface area contributed by atoms with E-state index in [-0.39, 0.29) is 5.41 Å². The average Bonchev–Trinajstić information content (AvgIpc) is 2.49. The molecule has 0 unspecified atom stereocenters. The minimum absolute atomic E-state index is 0.0209. The van der Waals surface area contributed by atoms with Gasteiger partial charge in [0.25, 0.3) is 0 Å². The van der Waals surface area contributed by atoms with Crippen molar-refractivity contribution in [3.63, 3.8) is 0 Å². The van der Waals surface area contributed by atoms with Crippen LogP contribution in [0.25, 0.3) is 0 Å². The normalized spacial score (nSPS) is 17.9. The van der Waals surface area contributed by atoms with Crippen LogP contribution < -0.4 is 15.2 Å². The van der Waals surface area contributed by atoms with Crippen molar-refractivity contribution in [2.45, 2.75) is 44.4 Å². The number of ether oxygens (including phenoxy) is 2. The second-order valence-electron chi connectivity index (χ2n) is 5.64. The first-order chi connectivity index (χ1) is 9.59. The monoisotopic (exact) mass is 341 g/mol. The van der Waals surface area contributed by atoms with Crippen LogP contribution in [0, 0.1) is 6.92 Å². The first-order valence-corrected chi connectivity index (χ1v) is 8.00. The lowest BCUT2D eigenvalue weighted by Gasteiger charge is -2.38. The molecule has 1 aromatic carbocycles. The Balaban J connectivity index is 2.62. The number of rotatable bonds is 4. The van der Waals surface area contributed by atoms with Gasteiger partial charge in [-0.15, -0.1) is 0 Å². The second kappa shape index (κ2) is 6.35. The molecule has 0 aromatic heterocycles. The zero-order chi connectivity index (χ0) is 14.8. The smallest absolute Gasteiger partial charge is 0.165 e. The van der Waals surface area contributed by atoms with Crippen LogP contribution >= 0.6 is 15.9 Å². The van der Waals surface area contributed by atoms with Crippen molar-refractivity contribution in [2.75, 3.05) is 20.8 Å². The van der Waals surface area contributed by atoms with E-state index in [1.807, 2.05) is 6.92 Å². The lowest BCUT2D eigenvalue weighted by atomic mass is 9.69. The first kappa shape index (κ1) is 15.6. The predicted octanol–water partition coefficient (Wildman–Crippen LogP) is 3.94. The minimum Gasteiger partial charge on any atom is -0.493 e. The molecular weight excluding hydrogens is 318 g/mol. The van der Waals surface area contributed by atoms with E-state index in [0.717, 1.165) is 34.4 Å². The van der Waals surface area contributed by atoms with Crippen molar-refractivity contribution >= 4 is 15.9 Å². The van der Waals surface area contributed by atoms with E-state index in [1.165, 1.54) is 24.8 Å². The highest BCUT2D eigenvalue weighted by Crippen LogP contribution is 2.48. The van der Waals surface area contributed by atoms with Crippen molar-refractivity contribution < 1.29 is 9.47 Å². The molecule has 2 N–H and O–H groups in total. The molecule has 1 saturated carbocycles. The summed E-state index contributed by atoms with van der Waals surface area (Å²) in [5, 5.41) is 0. The maximum atomic E-state index is 6.16. The highest BCUT2D eigenvalue weighted by molar-refractivity contribution is 9.10. The van der Waals surface area contributed by atoms with Crippen LogP contribution in [0.4, 0.5) is 0 Å². The van der Waals surface area contributed by atoms with Crippen molar-refractivity contribution in [1.29, 1.82) is 0 Å². The molecule has 20 heavy (non-hydrogen) atoms. The molecule has 0 heterocycles. The van der Waals surface area contributed by atoms with Gasteiger partial charge in [-0.1, -0.05) is 35.2 Å². The highest BCUT2D eigenvalue weighted by Gasteiger charge is 2.36. The number of benzene rings is 1. The molecule has 0 saturated heterocycles. The van der Waals surface area contributed by atoms with Crippen LogP contribution in [0.2, 0.25) is 0 Å². The van der Waals surface area contributed by atoms with E-state index in [9.17, 15) is 0 Å². The molecule has 0 radical (unpaired) electrons. The van der Waals surface area contributed by atoms with Gasteiger partial charge < -0.3 is 15.2 Å². The fraction of sp³-hybridized carbons (Fsp3) is 0.625. The third-order valence-electron chi connectivity index (χ3n) is 4.60. The van der Waals surface area contributed by atoms with Crippen LogP contribution in [-0.4, -0.2) is 20.8 Å². The summed E-state index contributed by atoms with van der Waals surface area (Å²) in [6.07, 6.45) is 6.01. The van der Waals surface area contributed by atoms with Gasteiger partial charge in [-0.3, -0.25) is 0 Å². The summed E-state index contributed by atoms with van der Waals surface area (Å²) < 4.78 is 12.3. The molecule has 112 valence electrons. The van der Waals surface area contributed by atoms with Gasteiger partial charge in [0.05, 0.1) is 14.2 Å². The molecule has 0 bridgehead atoms. The van der Waals surface area contributed by atoms with E-state index in [2.05, 4.69) is 22.0 Å². The fourth-order valence-electron chi connectivity index (χ4n) is 3.36. The van der Waals surface area contributed by atoms with E-state index in [4.69, 9.17) is 15.2 Å². The van der Waals surface area contributed by atoms with Crippen molar-refractivity contribution in [3.8, 4) is 11.5 Å². The van der Waals surface area contributed by atoms with Crippen LogP contribution in [0.3, 0.4) is 0 Å². The van der Waals surface area contributed by atoms with Gasteiger partial charge in [0.2, 0.25) is 0 Å². The Bertz CT molecular complexity index is 482. The lowest BCUT2D eigenvalue weighted by Crippen LogP contribution is -2.37. The molecule has 0 aliphatic heterocycles. The molecule has 1 aliphatic carbocycles. The van der Waals surface area contributed by atoms with Crippen molar-refractivity contribution in [2.24, 2.45) is 5.73 Å². The zero-order valence-electron chi connectivity index (χ0n) is 12.6. The predicted molar refractivity (Wildman–Crippen MR) is 85.8 cm³/mol. The van der Waals surface area contributed by atoms with Crippen LogP contribution in [-0.2, 0) is 5.41 Å². The summed E-state index contributed by atoms with van der Waals surface area (Å²) in [6, 6.07) is 2.18. The molecule has 1 fully saturated rings. The maximum Gasteiger partial charge on any atom is 0.165 e. The quantitative estimate of drug-likeness (QED) is 0.902. The lowest BCUT2D eigenvalue weighted by molar-refractivity contribution is 0.280. The molecule has 4 heteroatoms. The maximum absolute atomic E-state index is 6.16. The standard InChI is InChI=1S/C16H24BrNO2/c1-11-13(17)9-12(15(20-3)14(11)19-2)16(10-18)7-5-4-6-8-16/h9H,4-8,10,18H2,1-3H3. The number of nitrogens with two attached hydrogens (primary N) is 1. The summed E-state index contributed by atoms with van der Waals surface area (Å²) in [5.74, 6) is 1.66. The molecule has 0 spiro atoms. The van der Waals surface area contributed by atoms with Gasteiger partial charge in [0, 0.05) is 27.6 Å². The average molecular weight is 342 g/mol. The Morgan fingerprint density at radius 2 is 1.75 bits per heavy atom. The number of halogens is 1. The Morgan fingerprint density at radius 1 is 1.15 bits per heavy atom. The molecule has 1 aromatic rings. The molecular formula is C16H24BrNO2. The van der Waals surface area contributed by atoms with Gasteiger partial charge >= 0.3 is 0 Å². The number of hydrogen-bond donors (Lipinski definition) is 1. The van der Waals surface area contributed by atoms with Crippen LogP contribution in [0.1, 0.15) is 43.2 Å². The Hall–Kier alpha value is -0.740. The van der Waals surface area contributed by atoms with Crippen molar-refractivity contribution in [3.05, 3.63) is 21.7 Å².